The van der Waals surface area contributed by atoms with Crippen molar-refractivity contribution in [3.8, 4) is 5.88 Å². The summed E-state index contributed by atoms with van der Waals surface area (Å²) < 4.78 is 41.5. The van der Waals surface area contributed by atoms with Crippen LogP contribution in [-0.4, -0.2) is 40.2 Å². The topological polar surface area (TPSA) is 79.9 Å². The molecule has 0 aliphatic rings. The van der Waals surface area contributed by atoms with Crippen LogP contribution in [0, 0.1) is 0 Å². The van der Waals surface area contributed by atoms with E-state index in [4.69, 9.17) is 0 Å². The predicted octanol–water partition coefficient (Wildman–Crippen LogP) is 3.26. The van der Waals surface area contributed by atoms with Crippen LogP contribution in [0.3, 0.4) is 0 Å². The number of fused-ring (bicyclic) bond motifs is 1. The van der Waals surface area contributed by atoms with Gasteiger partial charge in [-0.25, -0.2) is 9.97 Å². The largest absolute Gasteiger partial charge is 0.467 e. The van der Waals surface area contributed by atoms with Crippen molar-refractivity contribution in [1.29, 1.82) is 0 Å². The van der Waals surface area contributed by atoms with Crippen molar-refractivity contribution in [2.24, 2.45) is 0 Å². The van der Waals surface area contributed by atoms with Crippen LogP contribution < -0.4 is 10.1 Å². The molecule has 1 amide bonds. The summed E-state index contributed by atoms with van der Waals surface area (Å²) >= 11 is 0. The molecule has 0 bridgehead atoms. The van der Waals surface area contributed by atoms with E-state index in [1.54, 1.807) is 0 Å². The Hall–Kier alpha value is -3.10. The van der Waals surface area contributed by atoms with Gasteiger partial charge in [0.2, 0.25) is 5.88 Å². The molecule has 0 atom stereocenters. The molecular formula is C18H17F3N4O2. The molecule has 0 saturated heterocycles. The van der Waals surface area contributed by atoms with E-state index in [2.05, 4.69) is 25.0 Å². The normalized spacial score (nSPS) is 11.5. The molecule has 9 heteroatoms. The number of hydrogen-bond acceptors (Lipinski definition) is 4. The summed E-state index contributed by atoms with van der Waals surface area (Å²) in [4.78, 5) is 23.6. The number of pyridine rings is 1. The van der Waals surface area contributed by atoms with E-state index >= 15 is 0 Å². The summed E-state index contributed by atoms with van der Waals surface area (Å²) in [5.74, 6) is -0.0736. The van der Waals surface area contributed by atoms with Crippen molar-refractivity contribution in [3.05, 3.63) is 54.0 Å². The van der Waals surface area contributed by atoms with Crippen molar-refractivity contribution in [3.63, 3.8) is 0 Å². The SMILES string of the molecule is O=C(NCCCc1nc2ccccc2[nH]1)c1cccnc1OCC(F)(F)F. The number of ether oxygens (including phenoxy) is 1. The maximum absolute atomic E-state index is 12.3. The first-order valence-electron chi connectivity index (χ1n) is 8.29. The molecule has 0 radical (unpaired) electrons. The van der Waals surface area contributed by atoms with Gasteiger partial charge < -0.3 is 15.0 Å². The zero-order valence-electron chi connectivity index (χ0n) is 14.2. The number of imidazole rings is 1. The standard InChI is InChI=1S/C18H17F3N4O2/c19-18(20,21)11-27-17-12(5-3-10-23-17)16(26)22-9-4-8-15-24-13-6-1-2-7-14(13)25-15/h1-3,5-7,10H,4,8-9,11H2,(H,22,26)(H,24,25). The number of para-hydroxylation sites is 2. The van der Waals surface area contributed by atoms with Gasteiger partial charge in [0.15, 0.2) is 6.61 Å². The minimum Gasteiger partial charge on any atom is -0.467 e. The van der Waals surface area contributed by atoms with Crippen LogP contribution in [-0.2, 0) is 6.42 Å². The Morgan fingerprint density at radius 3 is 2.78 bits per heavy atom. The van der Waals surface area contributed by atoms with Crippen LogP contribution in [0.4, 0.5) is 13.2 Å². The summed E-state index contributed by atoms with van der Waals surface area (Å²) in [6.07, 6.45) is -1.99. The average molecular weight is 378 g/mol. The fourth-order valence-corrected chi connectivity index (χ4v) is 2.51. The second kappa shape index (κ2) is 8.07. The molecule has 1 aromatic carbocycles. The molecule has 3 rings (SSSR count). The van der Waals surface area contributed by atoms with Gasteiger partial charge in [-0.05, 0) is 30.7 Å². The van der Waals surface area contributed by atoms with Gasteiger partial charge in [0.05, 0.1) is 11.0 Å². The number of aromatic amines is 1. The van der Waals surface area contributed by atoms with Crippen LogP contribution in [0.2, 0.25) is 0 Å². The van der Waals surface area contributed by atoms with Gasteiger partial charge in [0, 0.05) is 19.2 Å². The number of H-pyrrole nitrogens is 1. The molecule has 2 N–H and O–H groups in total. The average Bonchev–Trinajstić information content (AvgIpc) is 3.06. The van der Waals surface area contributed by atoms with Crippen LogP contribution in [0.15, 0.2) is 42.6 Å². The lowest BCUT2D eigenvalue weighted by Gasteiger charge is -2.11. The lowest BCUT2D eigenvalue weighted by molar-refractivity contribution is -0.154. The van der Waals surface area contributed by atoms with Crippen LogP contribution in [0.1, 0.15) is 22.6 Å². The molecule has 0 aliphatic carbocycles. The molecule has 2 aromatic heterocycles. The van der Waals surface area contributed by atoms with Crippen LogP contribution in [0.25, 0.3) is 11.0 Å². The van der Waals surface area contributed by atoms with Gasteiger partial charge in [-0.1, -0.05) is 12.1 Å². The van der Waals surface area contributed by atoms with E-state index in [1.807, 2.05) is 24.3 Å². The number of carbonyl (C=O) groups is 1. The lowest BCUT2D eigenvalue weighted by Crippen LogP contribution is -2.27. The summed E-state index contributed by atoms with van der Waals surface area (Å²) in [5, 5.41) is 2.66. The summed E-state index contributed by atoms with van der Waals surface area (Å²) in [5.41, 5.74) is 1.78. The molecular weight excluding hydrogens is 361 g/mol. The highest BCUT2D eigenvalue weighted by Gasteiger charge is 2.29. The quantitative estimate of drug-likeness (QED) is 0.619. The van der Waals surface area contributed by atoms with Gasteiger partial charge in [0.1, 0.15) is 11.4 Å². The number of rotatable bonds is 7. The highest BCUT2D eigenvalue weighted by Crippen LogP contribution is 2.20. The van der Waals surface area contributed by atoms with E-state index in [-0.39, 0.29) is 11.4 Å². The highest BCUT2D eigenvalue weighted by molar-refractivity contribution is 5.96. The van der Waals surface area contributed by atoms with Gasteiger partial charge >= 0.3 is 6.18 Å². The molecule has 0 saturated carbocycles. The van der Waals surface area contributed by atoms with Crippen molar-refractivity contribution >= 4 is 16.9 Å². The lowest BCUT2D eigenvalue weighted by atomic mass is 10.2. The number of aryl methyl sites for hydroxylation is 1. The number of benzene rings is 1. The minimum atomic E-state index is -4.50. The van der Waals surface area contributed by atoms with E-state index < -0.39 is 18.7 Å². The first-order chi connectivity index (χ1) is 12.9. The zero-order chi connectivity index (χ0) is 19.3. The minimum absolute atomic E-state index is 0.0366. The molecule has 3 aromatic rings. The Kier molecular flexibility index (Phi) is 5.58. The molecule has 6 nitrogen and oxygen atoms in total. The maximum atomic E-state index is 12.3. The third-order valence-corrected chi connectivity index (χ3v) is 3.70. The van der Waals surface area contributed by atoms with E-state index in [0.717, 1.165) is 16.9 Å². The Morgan fingerprint density at radius 2 is 2.00 bits per heavy atom. The molecule has 27 heavy (non-hydrogen) atoms. The third kappa shape index (κ3) is 5.19. The second-order valence-corrected chi connectivity index (χ2v) is 5.82. The van der Waals surface area contributed by atoms with E-state index in [9.17, 15) is 18.0 Å². The summed E-state index contributed by atoms with van der Waals surface area (Å²) in [6, 6.07) is 10.5. The number of nitrogens with zero attached hydrogens (tertiary/aromatic N) is 2. The number of aromatic nitrogens is 3. The zero-order valence-corrected chi connectivity index (χ0v) is 14.2. The molecule has 0 aliphatic heterocycles. The van der Waals surface area contributed by atoms with Crippen molar-refractivity contribution in [1.82, 2.24) is 20.3 Å². The fraction of sp³-hybridized carbons (Fsp3) is 0.278. The van der Waals surface area contributed by atoms with Gasteiger partial charge in [0.25, 0.3) is 5.91 Å². The smallest absolute Gasteiger partial charge is 0.422 e. The number of hydrogen-bond donors (Lipinski definition) is 2. The maximum Gasteiger partial charge on any atom is 0.422 e. The highest BCUT2D eigenvalue weighted by atomic mass is 19.4. The molecule has 142 valence electrons. The number of carbonyl (C=O) groups excluding carboxylic acids is 1. The Labute approximate surface area is 152 Å². The van der Waals surface area contributed by atoms with E-state index in [0.29, 0.717) is 19.4 Å². The number of alkyl halides is 3. The van der Waals surface area contributed by atoms with Crippen LogP contribution >= 0.6 is 0 Å². The van der Waals surface area contributed by atoms with Crippen molar-refractivity contribution < 1.29 is 22.7 Å². The van der Waals surface area contributed by atoms with Crippen molar-refractivity contribution in [2.45, 2.75) is 19.0 Å². The molecule has 2 heterocycles. The predicted molar refractivity (Wildman–Crippen MR) is 92.5 cm³/mol. The van der Waals surface area contributed by atoms with Crippen molar-refractivity contribution in [2.75, 3.05) is 13.2 Å². The Bertz CT molecular complexity index is 891. The summed E-state index contributed by atoms with van der Waals surface area (Å²) in [6.45, 7) is -1.17. The molecule has 0 spiro atoms. The van der Waals surface area contributed by atoms with Gasteiger partial charge in [-0.2, -0.15) is 13.2 Å². The van der Waals surface area contributed by atoms with Gasteiger partial charge in [-0.15, -0.1) is 0 Å². The van der Waals surface area contributed by atoms with Crippen LogP contribution in [0.5, 0.6) is 5.88 Å². The number of halogens is 3. The second-order valence-electron chi connectivity index (χ2n) is 5.82. The Balaban J connectivity index is 1.52. The first kappa shape index (κ1) is 18.7. The number of nitrogens with one attached hydrogen (secondary N) is 2. The fourth-order valence-electron chi connectivity index (χ4n) is 2.51. The Morgan fingerprint density at radius 1 is 1.19 bits per heavy atom. The van der Waals surface area contributed by atoms with E-state index in [1.165, 1.54) is 18.3 Å². The molecule has 0 unspecified atom stereocenters. The first-order valence-corrected chi connectivity index (χ1v) is 8.29. The third-order valence-electron chi connectivity index (χ3n) is 3.70. The van der Waals surface area contributed by atoms with Gasteiger partial charge in [-0.3, -0.25) is 4.79 Å². The summed E-state index contributed by atoms with van der Waals surface area (Å²) in [7, 11) is 0. The number of amides is 1. The molecule has 0 fully saturated rings. The monoisotopic (exact) mass is 378 g/mol.